The zero-order valence-electron chi connectivity index (χ0n) is 22.5. The molecule has 1 unspecified atom stereocenters. The number of carbonyl (C=O) groups is 1. The molecule has 0 fully saturated rings. The van der Waals surface area contributed by atoms with Crippen LogP contribution >= 0.6 is 0 Å². The quantitative estimate of drug-likeness (QED) is 0.254. The molecular weight excluding hydrogens is 508 g/mol. The van der Waals surface area contributed by atoms with E-state index in [4.69, 9.17) is 5.73 Å². The summed E-state index contributed by atoms with van der Waals surface area (Å²) in [4.78, 5) is 40.1. The molecule has 0 saturated heterocycles. The Morgan fingerprint density at radius 1 is 1.23 bits per heavy atom. The maximum atomic E-state index is 13.1. The van der Waals surface area contributed by atoms with E-state index >= 15 is 0 Å². The molecule has 0 aliphatic rings. The minimum Gasteiger partial charge on any atom is -0.381 e. The molecule has 40 heavy (non-hydrogen) atoms. The SMILES string of the molecule is CCN(CC)CCn1cc(C#Cc2cccc3nc(C(C)NC(=O)c4c(N)nn5cccnc45)[nH]c(=O)c23)cn1. The van der Waals surface area contributed by atoms with Crippen LogP contribution in [0.3, 0.4) is 0 Å². The topological polar surface area (TPSA) is 152 Å². The van der Waals surface area contributed by atoms with E-state index in [1.54, 1.807) is 49.8 Å². The number of amides is 1. The fourth-order valence-electron chi connectivity index (χ4n) is 4.45. The molecule has 204 valence electrons. The summed E-state index contributed by atoms with van der Waals surface area (Å²) < 4.78 is 3.31. The Bertz CT molecular complexity index is 1800. The van der Waals surface area contributed by atoms with E-state index in [1.807, 2.05) is 10.9 Å². The zero-order chi connectivity index (χ0) is 28.2. The predicted molar refractivity (Wildman–Crippen MR) is 152 cm³/mol. The van der Waals surface area contributed by atoms with Crippen LogP contribution in [0.4, 0.5) is 5.82 Å². The van der Waals surface area contributed by atoms with E-state index in [9.17, 15) is 9.59 Å². The highest BCUT2D eigenvalue weighted by Crippen LogP contribution is 2.18. The third kappa shape index (κ3) is 5.41. The summed E-state index contributed by atoms with van der Waals surface area (Å²) in [7, 11) is 0. The van der Waals surface area contributed by atoms with E-state index in [0.717, 1.165) is 31.7 Å². The molecule has 0 aliphatic carbocycles. The second kappa shape index (κ2) is 11.4. The highest BCUT2D eigenvalue weighted by molar-refractivity contribution is 6.04. The van der Waals surface area contributed by atoms with Gasteiger partial charge in [-0.1, -0.05) is 31.8 Å². The number of nitrogens with two attached hydrogens (primary N) is 1. The molecule has 5 rings (SSSR count). The average Bonchev–Trinajstić information content (AvgIpc) is 3.55. The molecule has 0 aliphatic heterocycles. The Morgan fingerprint density at radius 2 is 2.05 bits per heavy atom. The zero-order valence-corrected chi connectivity index (χ0v) is 22.5. The van der Waals surface area contributed by atoms with Crippen LogP contribution in [0.5, 0.6) is 0 Å². The Morgan fingerprint density at radius 3 is 2.85 bits per heavy atom. The lowest BCUT2D eigenvalue weighted by Gasteiger charge is -2.17. The molecule has 12 heteroatoms. The number of hydrogen-bond donors (Lipinski definition) is 3. The minimum absolute atomic E-state index is 0.0565. The van der Waals surface area contributed by atoms with Gasteiger partial charge in [0.2, 0.25) is 0 Å². The van der Waals surface area contributed by atoms with E-state index in [0.29, 0.717) is 27.9 Å². The van der Waals surface area contributed by atoms with E-state index in [2.05, 4.69) is 61.1 Å². The van der Waals surface area contributed by atoms with Gasteiger partial charge in [-0.3, -0.25) is 14.3 Å². The second-order valence-electron chi connectivity index (χ2n) is 9.26. The van der Waals surface area contributed by atoms with Crippen LogP contribution in [0.1, 0.15) is 54.1 Å². The van der Waals surface area contributed by atoms with Crippen LogP contribution in [0.15, 0.2) is 53.8 Å². The number of nitrogens with one attached hydrogen (secondary N) is 2. The van der Waals surface area contributed by atoms with Crippen molar-refractivity contribution in [2.24, 2.45) is 0 Å². The number of likely N-dealkylation sites (N-methyl/N-ethyl adjacent to an activating group) is 1. The molecule has 5 aromatic rings. The summed E-state index contributed by atoms with van der Waals surface area (Å²) in [6.45, 7) is 9.68. The van der Waals surface area contributed by atoms with Gasteiger partial charge in [0.25, 0.3) is 11.5 Å². The number of aromatic amines is 1. The highest BCUT2D eigenvalue weighted by atomic mass is 16.2. The van der Waals surface area contributed by atoms with Crippen LogP contribution in [0.2, 0.25) is 0 Å². The number of hydrogen-bond acceptors (Lipinski definition) is 8. The minimum atomic E-state index is -0.625. The molecular formula is C28H30N10O2. The number of anilines is 1. The molecule has 4 aromatic heterocycles. The fraction of sp³-hybridized carbons (Fsp3) is 0.286. The van der Waals surface area contributed by atoms with Crippen molar-refractivity contribution in [2.75, 3.05) is 25.4 Å². The van der Waals surface area contributed by atoms with E-state index in [1.165, 1.54) is 4.52 Å². The third-order valence-electron chi connectivity index (χ3n) is 6.67. The maximum absolute atomic E-state index is 13.1. The van der Waals surface area contributed by atoms with Crippen molar-refractivity contribution >= 4 is 28.3 Å². The van der Waals surface area contributed by atoms with Gasteiger partial charge in [0.1, 0.15) is 11.4 Å². The Hall–Kier alpha value is -5.02. The van der Waals surface area contributed by atoms with Crippen LogP contribution in [0.25, 0.3) is 16.6 Å². The summed E-state index contributed by atoms with van der Waals surface area (Å²) in [6, 6.07) is 6.38. The summed E-state index contributed by atoms with van der Waals surface area (Å²) in [5.41, 5.74) is 7.89. The number of nitrogens with zero attached hydrogens (tertiary/aromatic N) is 7. The van der Waals surface area contributed by atoms with Crippen molar-refractivity contribution in [2.45, 2.75) is 33.4 Å². The number of benzene rings is 1. The van der Waals surface area contributed by atoms with Crippen LogP contribution in [-0.2, 0) is 6.54 Å². The molecule has 0 radical (unpaired) electrons. The number of aromatic nitrogens is 7. The molecule has 12 nitrogen and oxygen atoms in total. The number of fused-ring (bicyclic) bond motifs is 2. The number of H-pyrrole nitrogens is 1. The average molecular weight is 539 g/mol. The van der Waals surface area contributed by atoms with Crippen LogP contribution < -0.4 is 16.6 Å². The first kappa shape index (κ1) is 26.6. The Kier molecular flexibility index (Phi) is 7.56. The summed E-state index contributed by atoms with van der Waals surface area (Å²) >= 11 is 0. The Labute approximate surface area is 230 Å². The second-order valence-corrected chi connectivity index (χ2v) is 9.26. The standard InChI is InChI=1S/C28H30N10O2/c1-4-36(5-2)14-15-37-17-19(16-31-37)10-11-20-8-6-9-21-22(20)27(39)34-25(33-21)18(3)32-28(40)23-24(29)35-38-13-7-12-30-26(23)38/h6-9,12-13,16-18H,4-5,14-15H2,1-3H3,(H2,29,35)(H,32,40)(H,33,34,39). The predicted octanol–water partition coefficient (Wildman–Crippen LogP) is 1.98. The van der Waals surface area contributed by atoms with Crippen molar-refractivity contribution in [1.82, 2.24) is 44.6 Å². The number of nitrogen functional groups attached to an aromatic ring is 1. The first-order valence-electron chi connectivity index (χ1n) is 13.1. The van der Waals surface area contributed by atoms with Crippen molar-refractivity contribution in [3.05, 3.63) is 81.9 Å². The van der Waals surface area contributed by atoms with Gasteiger partial charge >= 0.3 is 0 Å². The van der Waals surface area contributed by atoms with Gasteiger partial charge in [-0.05, 0) is 38.2 Å². The van der Waals surface area contributed by atoms with E-state index in [-0.39, 0.29) is 16.9 Å². The van der Waals surface area contributed by atoms with Crippen molar-refractivity contribution in [3.63, 3.8) is 0 Å². The smallest absolute Gasteiger partial charge is 0.260 e. The summed E-state index contributed by atoms with van der Waals surface area (Å²) in [5, 5.41) is 11.7. The largest absolute Gasteiger partial charge is 0.381 e. The number of rotatable bonds is 8. The Balaban J connectivity index is 1.36. The lowest BCUT2D eigenvalue weighted by atomic mass is 10.1. The van der Waals surface area contributed by atoms with Crippen molar-refractivity contribution < 1.29 is 4.79 Å². The summed E-state index contributed by atoms with van der Waals surface area (Å²) in [6.07, 6.45) is 6.83. The van der Waals surface area contributed by atoms with E-state index < -0.39 is 11.9 Å². The first-order chi connectivity index (χ1) is 19.4. The molecule has 4 N–H and O–H groups in total. The molecule has 1 aromatic carbocycles. The molecule has 1 atom stereocenters. The van der Waals surface area contributed by atoms with Gasteiger partial charge in [0.15, 0.2) is 11.5 Å². The van der Waals surface area contributed by atoms with Crippen molar-refractivity contribution in [3.8, 4) is 11.8 Å². The van der Waals surface area contributed by atoms with Crippen LogP contribution in [-0.4, -0.2) is 64.8 Å². The molecule has 0 spiro atoms. The highest BCUT2D eigenvalue weighted by Gasteiger charge is 2.22. The van der Waals surface area contributed by atoms with Gasteiger partial charge in [-0.15, -0.1) is 5.10 Å². The maximum Gasteiger partial charge on any atom is 0.260 e. The normalized spacial score (nSPS) is 12.0. The first-order valence-corrected chi connectivity index (χ1v) is 13.1. The fourth-order valence-corrected chi connectivity index (χ4v) is 4.45. The third-order valence-corrected chi connectivity index (χ3v) is 6.67. The number of carbonyl (C=O) groups excluding carboxylic acids is 1. The molecule has 0 bridgehead atoms. The molecule has 4 heterocycles. The molecule has 0 saturated carbocycles. The van der Waals surface area contributed by atoms with Gasteiger partial charge in [-0.2, -0.15) is 5.10 Å². The lowest BCUT2D eigenvalue weighted by Crippen LogP contribution is -2.30. The summed E-state index contributed by atoms with van der Waals surface area (Å²) in [5.74, 6) is 6.08. The van der Waals surface area contributed by atoms with Gasteiger partial charge in [0, 0.05) is 30.7 Å². The van der Waals surface area contributed by atoms with Gasteiger partial charge < -0.3 is 20.9 Å². The van der Waals surface area contributed by atoms with Gasteiger partial charge in [0.05, 0.1) is 35.2 Å². The molecule has 1 amide bonds. The lowest BCUT2D eigenvalue weighted by molar-refractivity contribution is 0.0940. The monoisotopic (exact) mass is 538 g/mol. The van der Waals surface area contributed by atoms with Crippen LogP contribution in [0, 0.1) is 11.8 Å². The van der Waals surface area contributed by atoms with Gasteiger partial charge in [-0.25, -0.2) is 14.5 Å². The van der Waals surface area contributed by atoms with Crippen molar-refractivity contribution in [1.29, 1.82) is 0 Å².